The molecule has 2 aromatic rings. The van der Waals surface area contributed by atoms with Crippen LogP contribution in [-0.4, -0.2) is 6.54 Å². The van der Waals surface area contributed by atoms with Crippen LogP contribution in [0.2, 0.25) is 5.02 Å². The summed E-state index contributed by atoms with van der Waals surface area (Å²) >= 11 is 11.4. The van der Waals surface area contributed by atoms with Crippen molar-refractivity contribution in [3.63, 3.8) is 0 Å². The molecule has 1 N–H and O–H groups in total. The highest BCUT2D eigenvalue weighted by molar-refractivity contribution is 9.10. The molecule has 1 aromatic heterocycles. The van der Waals surface area contributed by atoms with Crippen LogP contribution in [0.4, 0.5) is 0 Å². The summed E-state index contributed by atoms with van der Waals surface area (Å²) in [5, 5.41) is 8.77. The van der Waals surface area contributed by atoms with E-state index in [2.05, 4.69) is 57.1 Å². The number of nitrogens with one attached hydrogen (secondary N) is 1. The van der Waals surface area contributed by atoms with Gasteiger partial charge in [0, 0.05) is 10.5 Å². The molecule has 2 rings (SSSR count). The Morgan fingerprint density at radius 1 is 1.35 bits per heavy atom. The minimum atomic E-state index is 0.362. The summed E-state index contributed by atoms with van der Waals surface area (Å²) in [6.07, 6.45) is 3.33. The van der Waals surface area contributed by atoms with Crippen LogP contribution in [0, 0.1) is 0 Å². The van der Waals surface area contributed by atoms with Crippen LogP contribution in [-0.2, 0) is 6.42 Å². The Kier molecular flexibility index (Phi) is 6.56. The van der Waals surface area contributed by atoms with Gasteiger partial charge in [-0.1, -0.05) is 24.6 Å². The van der Waals surface area contributed by atoms with Gasteiger partial charge in [-0.05, 0) is 81.8 Å². The van der Waals surface area contributed by atoms with Crippen LogP contribution < -0.4 is 5.32 Å². The molecular formula is C16H19BrClNS. The summed E-state index contributed by atoms with van der Waals surface area (Å²) < 4.78 is 0.954. The number of hydrogen-bond acceptors (Lipinski definition) is 2. The Labute approximate surface area is 138 Å². The molecular weight excluding hydrogens is 354 g/mol. The van der Waals surface area contributed by atoms with Gasteiger partial charge in [-0.25, -0.2) is 0 Å². The summed E-state index contributed by atoms with van der Waals surface area (Å²) in [7, 11) is 0. The van der Waals surface area contributed by atoms with Gasteiger partial charge in [0.05, 0.1) is 5.02 Å². The van der Waals surface area contributed by atoms with Crippen molar-refractivity contribution in [3.05, 3.63) is 55.6 Å². The normalized spacial score (nSPS) is 12.6. The predicted octanol–water partition coefficient (Wildman–Crippen LogP) is 5.84. The predicted molar refractivity (Wildman–Crippen MR) is 92.8 cm³/mol. The molecule has 0 saturated carbocycles. The summed E-state index contributed by atoms with van der Waals surface area (Å²) in [6.45, 7) is 3.22. The Hall–Kier alpha value is -0.350. The van der Waals surface area contributed by atoms with E-state index in [0.717, 1.165) is 35.3 Å². The number of halogens is 2. The first-order valence-electron chi connectivity index (χ1n) is 6.90. The molecule has 108 valence electrons. The lowest BCUT2D eigenvalue weighted by molar-refractivity contribution is 0.499. The van der Waals surface area contributed by atoms with E-state index in [1.165, 1.54) is 11.1 Å². The van der Waals surface area contributed by atoms with Crippen LogP contribution in [0.5, 0.6) is 0 Å². The zero-order chi connectivity index (χ0) is 14.4. The maximum Gasteiger partial charge on any atom is 0.0551 e. The molecule has 0 radical (unpaired) electrons. The van der Waals surface area contributed by atoms with E-state index in [0.29, 0.717) is 6.04 Å². The third-order valence-electron chi connectivity index (χ3n) is 3.29. The van der Waals surface area contributed by atoms with Crippen LogP contribution in [0.25, 0.3) is 0 Å². The van der Waals surface area contributed by atoms with Crippen molar-refractivity contribution in [3.8, 4) is 0 Å². The molecule has 0 fully saturated rings. The van der Waals surface area contributed by atoms with Gasteiger partial charge in [0.1, 0.15) is 0 Å². The van der Waals surface area contributed by atoms with E-state index < -0.39 is 0 Å². The quantitative estimate of drug-likeness (QED) is 0.644. The van der Waals surface area contributed by atoms with Gasteiger partial charge in [0.15, 0.2) is 0 Å². The summed E-state index contributed by atoms with van der Waals surface area (Å²) in [5.41, 5.74) is 2.68. The molecule has 1 heterocycles. The molecule has 0 saturated heterocycles. The van der Waals surface area contributed by atoms with Crippen molar-refractivity contribution in [1.29, 1.82) is 0 Å². The molecule has 20 heavy (non-hydrogen) atoms. The number of benzene rings is 1. The van der Waals surface area contributed by atoms with E-state index in [-0.39, 0.29) is 0 Å². The van der Waals surface area contributed by atoms with E-state index in [1.807, 2.05) is 6.07 Å². The fraction of sp³-hybridized carbons (Fsp3) is 0.375. The van der Waals surface area contributed by atoms with Gasteiger partial charge in [-0.15, -0.1) is 0 Å². The fourth-order valence-corrected chi connectivity index (χ4v) is 3.32. The van der Waals surface area contributed by atoms with Gasteiger partial charge < -0.3 is 5.32 Å². The van der Waals surface area contributed by atoms with Crippen molar-refractivity contribution in [2.24, 2.45) is 0 Å². The average Bonchev–Trinajstić information content (AvgIpc) is 2.95. The Balaban J connectivity index is 2.07. The van der Waals surface area contributed by atoms with Crippen molar-refractivity contribution in [1.82, 2.24) is 5.32 Å². The Morgan fingerprint density at radius 3 is 2.85 bits per heavy atom. The van der Waals surface area contributed by atoms with Crippen LogP contribution >= 0.6 is 38.9 Å². The summed E-state index contributed by atoms with van der Waals surface area (Å²) in [6, 6.07) is 8.81. The van der Waals surface area contributed by atoms with E-state index >= 15 is 0 Å². The minimum Gasteiger partial charge on any atom is -0.310 e. The van der Waals surface area contributed by atoms with E-state index in [9.17, 15) is 0 Å². The Morgan fingerprint density at radius 2 is 2.20 bits per heavy atom. The van der Waals surface area contributed by atoms with E-state index in [4.69, 9.17) is 11.6 Å². The smallest absolute Gasteiger partial charge is 0.0551 e. The van der Waals surface area contributed by atoms with Crippen molar-refractivity contribution >= 4 is 38.9 Å². The first-order valence-corrected chi connectivity index (χ1v) is 9.01. The van der Waals surface area contributed by atoms with Gasteiger partial charge in [-0.2, -0.15) is 11.3 Å². The van der Waals surface area contributed by atoms with Crippen molar-refractivity contribution in [2.75, 3.05) is 6.54 Å². The fourth-order valence-electron chi connectivity index (χ4n) is 2.18. The first kappa shape index (κ1) is 16.0. The highest BCUT2D eigenvalue weighted by atomic mass is 79.9. The third kappa shape index (κ3) is 4.59. The summed E-state index contributed by atoms with van der Waals surface area (Å²) in [4.78, 5) is 0. The van der Waals surface area contributed by atoms with Crippen molar-refractivity contribution < 1.29 is 0 Å². The zero-order valence-electron chi connectivity index (χ0n) is 11.5. The van der Waals surface area contributed by atoms with Crippen LogP contribution in [0.15, 0.2) is 39.5 Å². The van der Waals surface area contributed by atoms with E-state index in [1.54, 1.807) is 11.3 Å². The zero-order valence-corrected chi connectivity index (χ0v) is 14.7. The van der Waals surface area contributed by atoms with Crippen molar-refractivity contribution in [2.45, 2.75) is 32.2 Å². The maximum absolute atomic E-state index is 6.22. The number of aryl methyl sites for hydroxylation is 1. The maximum atomic E-state index is 6.22. The lowest BCUT2D eigenvalue weighted by atomic mass is 10.00. The minimum absolute atomic E-state index is 0.362. The molecule has 1 aromatic carbocycles. The number of thiophene rings is 1. The summed E-state index contributed by atoms with van der Waals surface area (Å²) in [5.74, 6) is 0. The largest absolute Gasteiger partial charge is 0.310 e. The second kappa shape index (κ2) is 8.18. The topological polar surface area (TPSA) is 12.0 Å². The van der Waals surface area contributed by atoms with Gasteiger partial charge >= 0.3 is 0 Å². The SMILES string of the molecule is CCCNC(CCc1ccsc1)c1ccc(Br)c(Cl)c1. The molecule has 0 aliphatic heterocycles. The highest BCUT2D eigenvalue weighted by Crippen LogP contribution is 2.28. The van der Waals surface area contributed by atoms with Crippen LogP contribution in [0.3, 0.4) is 0 Å². The standard InChI is InChI=1S/C16H19BrClNS/c1-2-8-19-16(6-3-12-7-9-20-11-12)13-4-5-14(17)15(18)10-13/h4-5,7,9-11,16,19H,2-3,6,8H2,1H3. The molecule has 0 amide bonds. The number of rotatable bonds is 7. The number of hydrogen-bond donors (Lipinski definition) is 1. The van der Waals surface area contributed by atoms with Crippen LogP contribution in [0.1, 0.15) is 36.9 Å². The molecule has 0 aliphatic rings. The van der Waals surface area contributed by atoms with Gasteiger partial charge in [0.2, 0.25) is 0 Å². The molecule has 4 heteroatoms. The molecule has 0 aliphatic carbocycles. The molecule has 1 unspecified atom stereocenters. The Bertz CT molecular complexity index is 527. The second-order valence-corrected chi connectivity index (χ2v) is 6.89. The second-order valence-electron chi connectivity index (χ2n) is 4.85. The third-order valence-corrected chi connectivity index (χ3v) is 5.25. The highest BCUT2D eigenvalue weighted by Gasteiger charge is 2.12. The van der Waals surface area contributed by atoms with Gasteiger partial charge in [0.25, 0.3) is 0 Å². The lowest BCUT2D eigenvalue weighted by Gasteiger charge is -2.19. The first-order chi connectivity index (χ1) is 9.70. The molecule has 1 atom stereocenters. The molecule has 0 bridgehead atoms. The lowest BCUT2D eigenvalue weighted by Crippen LogP contribution is -2.22. The van der Waals surface area contributed by atoms with Gasteiger partial charge in [-0.3, -0.25) is 0 Å². The average molecular weight is 373 g/mol. The molecule has 1 nitrogen and oxygen atoms in total. The molecule has 0 spiro atoms. The monoisotopic (exact) mass is 371 g/mol.